The average molecular weight is 304 g/mol. The summed E-state index contributed by atoms with van der Waals surface area (Å²) in [6, 6.07) is 9.15. The van der Waals surface area contributed by atoms with Crippen molar-refractivity contribution in [2.24, 2.45) is 0 Å². The number of nitrogens with zero attached hydrogens (tertiary/aromatic N) is 2. The second kappa shape index (κ2) is 6.32. The minimum Gasteiger partial charge on any atom is -0.480 e. The lowest BCUT2D eigenvalue weighted by Gasteiger charge is -2.19. The van der Waals surface area contributed by atoms with Crippen LogP contribution < -0.4 is 0 Å². The number of pyridine rings is 1. The molecule has 0 saturated carbocycles. The summed E-state index contributed by atoms with van der Waals surface area (Å²) in [5.41, 5.74) is 0. The zero-order chi connectivity index (χ0) is 14.7. The summed E-state index contributed by atoms with van der Waals surface area (Å²) in [6.45, 7) is 1.35. The second-order valence-corrected chi connectivity index (χ2v) is 5.98. The van der Waals surface area contributed by atoms with Gasteiger partial charge in [0.1, 0.15) is 16.8 Å². The highest BCUT2D eigenvalue weighted by molar-refractivity contribution is 7.99. The van der Waals surface area contributed by atoms with Gasteiger partial charge in [0.05, 0.1) is 6.54 Å². The Balaban J connectivity index is 1.64. The van der Waals surface area contributed by atoms with E-state index in [1.54, 1.807) is 6.20 Å². The van der Waals surface area contributed by atoms with Crippen LogP contribution in [0.3, 0.4) is 0 Å². The van der Waals surface area contributed by atoms with E-state index in [4.69, 9.17) is 4.42 Å². The van der Waals surface area contributed by atoms with Gasteiger partial charge < -0.3 is 9.52 Å². The highest BCUT2D eigenvalue weighted by Gasteiger charge is 2.30. The molecule has 1 aliphatic heterocycles. The maximum Gasteiger partial charge on any atom is 0.320 e. The number of aromatic nitrogens is 1. The molecule has 5 nitrogen and oxygen atoms in total. The number of furan rings is 1. The van der Waals surface area contributed by atoms with E-state index in [0.717, 1.165) is 28.8 Å². The van der Waals surface area contributed by atoms with E-state index in [1.807, 2.05) is 35.2 Å². The number of carbonyl (C=O) groups is 1. The third-order valence-corrected chi connectivity index (χ3v) is 4.36. The fourth-order valence-electron chi connectivity index (χ4n) is 2.50. The van der Waals surface area contributed by atoms with Gasteiger partial charge in [-0.3, -0.25) is 9.69 Å². The van der Waals surface area contributed by atoms with Crippen LogP contribution in [0.4, 0.5) is 0 Å². The van der Waals surface area contributed by atoms with Gasteiger partial charge in [-0.15, -0.1) is 0 Å². The molecule has 0 spiro atoms. The molecule has 6 heteroatoms. The third-order valence-electron chi connectivity index (χ3n) is 3.49. The number of carboxylic acid groups (broad SMARTS) is 1. The Morgan fingerprint density at radius 1 is 1.43 bits per heavy atom. The minimum absolute atomic E-state index is 0.387. The first-order valence-corrected chi connectivity index (χ1v) is 7.68. The van der Waals surface area contributed by atoms with E-state index in [2.05, 4.69) is 4.98 Å². The standard InChI is InChI=1S/C15H16N2O3S/c18-15(19)12-4-3-9-17(12)10-11-6-7-14(20-11)21-13-5-1-2-8-16-13/h1-2,5-8,12H,3-4,9-10H2,(H,18,19). The van der Waals surface area contributed by atoms with Crippen molar-refractivity contribution in [3.63, 3.8) is 0 Å². The van der Waals surface area contributed by atoms with Gasteiger partial charge in [-0.2, -0.15) is 0 Å². The van der Waals surface area contributed by atoms with Crippen molar-refractivity contribution in [1.82, 2.24) is 9.88 Å². The predicted molar refractivity (Wildman–Crippen MR) is 78.1 cm³/mol. The average Bonchev–Trinajstić information content (AvgIpc) is 3.10. The SMILES string of the molecule is O=C(O)C1CCCN1Cc1ccc(Sc2ccccn2)o1. The monoisotopic (exact) mass is 304 g/mol. The molecule has 0 aliphatic carbocycles. The maximum atomic E-state index is 11.2. The molecule has 1 saturated heterocycles. The van der Waals surface area contributed by atoms with Crippen LogP contribution in [-0.2, 0) is 11.3 Å². The van der Waals surface area contributed by atoms with Gasteiger partial charge in [0, 0.05) is 6.20 Å². The summed E-state index contributed by atoms with van der Waals surface area (Å²) in [4.78, 5) is 17.4. The van der Waals surface area contributed by atoms with Gasteiger partial charge >= 0.3 is 5.97 Å². The molecular formula is C15H16N2O3S. The van der Waals surface area contributed by atoms with Crippen molar-refractivity contribution < 1.29 is 14.3 Å². The largest absolute Gasteiger partial charge is 0.480 e. The van der Waals surface area contributed by atoms with Crippen LogP contribution >= 0.6 is 11.8 Å². The molecule has 0 aromatic carbocycles. The normalized spacial score (nSPS) is 19.0. The van der Waals surface area contributed by atoms with Crippen LogP contribution in [0.1, 0.15) is 18.6 Å². The molecule has 3 rings (SSSR count). The van der Waals surface area contributed by atoms with Crippen molar-refractivity contribution >= 4 is 17.7 Å². The van der Waals surface area contributed by atoms with Crippen LogP contribution in [0.2, 0.25) is 0 Å². The number of hydrogen-bond acceptors (Lipinski definition) is 5. The van der Waals surface area contributed by atoms with E-state index < -0.39 is 5.97 Å². The number of hydrogen-bond donors (Lipinski definition) is 1. The Morgan fingerprint density at radius 2 is 2.33 bits per heavy atom. The smallest absolute Gasteiger partial charge is 0.320 e. The molecule has 1 N–H and O–H groups in total. The van der Waals surface area contributed by atoms with E-state index in [0.29, 0.717) is 13.0 Å². The van der Waals surface area contributed by atoms with Gasteiger partial charge in [0.2, 0.25) is 0 Å². The zero-order valence-electron chi connectivity index (χ0n) is 11.4. The molecule has 2 aromatic rings. The number of likely N-dealkylation sites (tertiary alicyclic amines) is 1. The predicted octanol–water partition coefficient (Wildman–Crippen LogP) is 2.87. The van der Waals surface area contributed by atoms with Gasteiger partial charge in [-0.05, 0) is 55.4 Å². The summed E-state index contributed by atoms with van der Waals surface area (Å²) >= 11 is 1.46. The topological polar surface area (TPSA) is 66.6 Å². The summed E-state index contributed by atoms with van der Waals surface area (Å²) in [5, 5.41) is 10.8. The van der Waals surface area contributed by atoms with Gasteiger partial charge in [-0.25, -0.2) is 4.98 Å². The molecule has 1 unspecified atom stereocenters. The van der Waals surface area contributed by atoms with E-state index >= 15 is 0 Å². The highest BCUT2D eigenvalue weighted by Crippen LogP contribution is 2.29. The molecule has 0 amide bonds. The summed E-state index contributed by atoms with van der Waals surface area (Å²) < 4.78 is 5.77. The first-order valence-electron chi connectivity index (χ1n) is 6.87. The number of carboxylic acids is 1. The van der Waals surface area contributed by atoms with E-state index in [9.17, 15) is 9.90 Å². The molecule has 1 atom stereocenters. The fraction of sp³-hybridized carbons (Fsp3) is 0.333. The summed E-state index contributed by atoms with van der Waals surface area (Å²) in [6.07, 6.45) is 3.38. The lowest BCUT2D eigenvalue weighted by molar-refractivity contribution is -0.142. The third kappa shape index (κ3) is 3.46. The highest BCUT2D eigenvalue weighted by atomic mass is 32.2. The van der Waals surface area contributed by atoms with Gasteiger partial charge in [-0.1, -0.05) is 6.07 Å². The van der Waals surface area contributed by atoms with Crippen LogP contribution in [0.15, 0.2) is 51.1 Å². The quantitative estimate of drug-likeness (QED) is 0.916. The van der Waals surface area contributed by atoms with Crippen LogP contribution in [0, 0.1) is 0 Å². The number of aliphatic carboxylic acids is 1. The Hall–Kier alpha value is -1.79. The molecule has 21 heavy (non-hydrogen) atoms. The molecule has 0 bridgehead atoms. The summed E-state index contributed by atoms with van der Waals surface area (Å²) in [7, 11) is 0. The van der Waals surface area contributed by atoms with E-state index in [1.165, 1.54) is 11.8 Å². The molecular weight excluding hydrogens is 288 g/mol. The van der Waals surface area contributed by atoms with Crippen LogP contribution in [0.25, 0.3) is 0 Å². The summed E-state index contributed by atoms with van der Waals surface area (Å²) in [5.74, 6) is 0.0451. The zero-order valence-corrected chi connectivity index (χ0v) is 12.3. The van der Waals surface area contributed by atoms with E-state index in [-0.39, 0.29) is 6.04 Å². The maximum absolute atomic E-state index is 11.2. The Kier molecular flexibility index (Phi) is 4.26. The molecule has 3 heterocycles. The molecule has 0 radical (unpaired) electrons. The molecule has 2 aromatic heterocycles. The van der Waals surface area contributed by atoms with Crippen molar-refractivity contribution in [1.29, 1.82) is 0 Å². The first kappa shape index (κ1) is 14.2. The first-order chi connectivity index (χ1) is 10.2. The van der Waals surface area contributed by atoms with Crippen LogP contribution in [-0.4, -0.2) is 33.5 Å². The lowest BCUT2D eigenvalue weighted by atomic mass is 10.2. The van der Waals surface area contributed by atoms with Crippen molar-refractivity contribution in [2.45, 2.75) is 35.5 Å². The molecule has 110 valence electrons. The van der Waals surface area contributed by atoms with Crippen molar-refractivity contribution in [3.8, 4) is 0 Å². The van der Waals surface area contributed by atoms with Crippen LogP contribution in [0.5, 0.6) is 0 Å². The fourth-order valence-corrected chi connectivity index (χ4v) is 3.25. The van der Waals surface area contributed by atoms with Gasteiger partial charge in [0.25, 0.3) is 0 Å². The minimum atomic E-state index is -0.748. The van der Waals surface area contributed by atoms with Crippen molar-refractivity contribution in [3.05, 3.63) is 42.3 Å². The van der Waals surface area contributed by atoms with Gasteiger partial charge in [0.15, 0.2) is 5.09 Å². The Labute approximate surface area is 127 Å². The Morgan fingerprint density at radius 3 is 3.10 bits per heavy atom. The molecule has 1 aliphatic rings. The lowest BCUT2D eigenvalue weighted by Crippen LogP contribution is -2.35. The molecule has 1 fully saturated rings. The van der Waals surface area contributed by atoms with Crippen molar-refractivity contribution in [2.75, 3.05) is 6.54 Å². The Bertz CT molecular complexity index is 614. The number of rotatable bonds is 5. The second-order valence-electron chi connectivity index (χ2n) is 4.96.